The number of nitrogens with zero attached hydrogens (tertiary/aromatic N) is 2. The SMILES string of the molecule is CCC[C@H](NC(=O)[C@@H]1C[C@@]2(CN(c3cccc(Cl)c3)C(=O)O2)CN1C(=O)CNC(=O)OC1CCCC1)[C@H](O)C(=O)NC1CC1. The third-order valence-electron chi connectivity index (χ3n) is 8.57. The molecule has 1 spiro atoms. The number of benzene rings is 1. The van der Waals surface area contributed by atoms with Crippen LogP contribution in [0.25, 0.3) is 0 Å². The van der Waals surface area contributed by atoms with Crippen molar-refractivity contribution in [1.29, 1.82) is 0 Å². The molecule has 5 rings (SSSR count). The van der Waals surface area contributed by atoms with Gasteiger partial charge >= 0.3 is 12.2 Å². The van der Waals surface area contributed by atoms with E-state index in [2.05, 4.69) is 16.0 Å². The van der Waals surface area contributed by atoms with E-state index in [1.165, 1.54) is 9.80 Å². The van der Waals surface area contributed by atoms with Crippen LogP contribution in [0.3, 0.4) is 0 Å². The van der Waals surface area contributed by atoms with Crippen LogP contribution in [0.15, 0.2) is 24.3 Å². The second kappa shape index (κ2) is 13.6. The molecule has 4 aliphatic rings. The highest BCUT2D eigenvalue weighted by Gasteiger charge is 2.56. The average Bonchev–Trinajstić information content (AvgIpc) is 3.36. The molecule has 4 atom stereocenters. The van der Waals surface area contributed by atoms with Crippen molar-refractivity contribution < 1.29 is 38.6 Å². The van der Waals surface area contributed by atoms with Gasteiger partial charge in [-0.1, -0.05) is 31.0 Å². The van der Waals surface area contributed by atoms with Crippen LogP contribution in [0.2, 0.25) is 5.02 Å². The fourth-order valence-electron chi connectivity index (χ4n) is 6.14. The summed E-state index contributed by atoms with van der Waals surface area (Å²) in [6.07, 6.45) is 3.04. The first kappa shape index (κ1) is 31.8. The largest absolute Gasteiger partial charge is 0.446 e. The zero-order valence-electron chi connectivity index (χ0n) is 24.8. The molecule has 240 valence electrons. The summed E-state index contributed by atoms with van der Waals surface area (Å²) in [6.45, 7) is 1.39. The molecule has 4 N–H and O–H groups in total. The third-order valence-corrected chi connectivity index (χ3v) is 8.81. The molecule has 2 saturated heterocycles. The maximum absolute atomic E-state index is 13.8. The maximum atomic E-state index is 13.8. The molecule has 5 amide bonds. The predicted octanol–water partition coefficient (Wildman–Crippen LogP) is 2.23. The fourth-order valence-corrected chi connectivity index (χ4v) is 6.33. The summed E-state index contributed by atoms with van der Waals surface area (Å²) in [5, 5.41) is 19.2. The summed E-state index contributed by atoms with van der Waals surface area (Å²) in [4.78, 5) is 67.9. The van der Waals surface area contributed by atoms with Crippen molar-refractivity contribution in [3.8, 4) is 0 Å². The normalized spacial score (nSPS) is 24.6. The van der Waals surface area contributed by atoms with Crippen molar-refractivity contribution in [2.45, 2.75) is 101 Å². The molecule has 14 heteroatoms. The van der Waals surface area contributed by atoms with E-state index < -0.39 is 60.2 Å². The van der Waals surface area contributed by atoms with E-state index in [1.54, 1.807) is 24.3 Å². The number of likely N-dealkylation sites (tertiary alicyclic amines) is 1. The highest BCUT2D eigenvalue weighted by molar-refractivity contribution is 6.30. The smallest absolute Gasteiger partial charge is 0.415 e. The van der Waals surface area contributed by atoms with E-state index in [0.29, 0.717) is 23.6 Å². The molecule has 2 aliphatic heterocycles. The highest BCUT2D eigenvalue weighted by atomic mass is 35.5. The van der Waals surface area contributed by atoms with Crippen LogP contribution >= 0.6 is 11.6 Å². The van der Waals surface area contributed by atoms with E-state index in [0.717, 1.165) is 38.5 Å². The number of carbonyl (C=O) groups excluding carboxylic acids is 5. The topological polar surface area (TPSA) is 167 Å². The average molecular weight is 634 g/mol. The van der Waals surface area contributed by atoms with Crippen LogP contribution in [0, 0.1) is 0 Å². The number of carbonyl (C=O) groups is 5. The van der Waals surface area contributed by atoms with Crippen LogP contribution in [-0.2, 0) is 23.9 Å². The van der Waals surface area contributed by atoms with Crippen LogP contribution in [0.5, 0.6) is 0 Å². The first-order chi connectivity index (χ1) is 21.1. The minimum absolute atomic E-state index is 0.0247. The summed E-state index contributed by atoms with van der Waals surface area (Å²) >= 11 is 6.14. The molecule has 44 heavy (non-hydrogen) atoms. The molecule has 2 aliphatic carbocycles. The first-order valence-electron chi connectivity index (χ1n) is 15.4. The maximum Gasteiger partial charge on any atom is 0.415 e. The standard InChI is InChI=1S/C30H40ClN5O8/c1-2-6-22(25(38)27(40)33-19-11-12-19)34-26(39)23-14-30(16-35(29(42)44-30)20-8-5-7-18(31)13-20)17-36(23)24(37)15-32-28(41)43-21-9-3-4-10-21/h5,7-8,13,19,21-23,25,38H,2-4,6,9-12,14-17H2,1H3,(H,32,41)(H,33,40)(H,34,39)/t22-,23-,25-,30+/m0/s1. The van der Waals surface area contributed by atoms with Crippen molar-refractivity contribution in [3.63, 3.8) is 0 Å². The number of hydrogen-bond acceptors (Lipinski definition) is 8. The lowest BCUT2D eigenvalue weighted by atomic mass is 9.98. The lowest BCUT2D eigenvalue weighted by molar-refractivity contribution is -0.139. The van der Waals surface area contributed by atoms with Gasteiger partial charge in [0.1, 0.15) is 18.7 Å². The second-order valence-corrected chi connectivity index (χ2v) is 12.6. The predicted molar refractivity (Wildman–Crippen MR) is 159 cm³/mol. The molecule has 2 saturated carbocycles. The molecular formula is C30H40ClN5O8. The van der Waals surface area contributed by atoms with E-state index in [4.69, 9.17) is 21.1 Å². The number of amides is 5. The van der Waals surface area contributed by atoms with Gasteiger partial charge in [0.2, 0.25) is 11.8 Å². The number of rotatable bonds is 11. The van der Waals surface area contributed by atoms with Crippen LogP contribution in [-0.4, -0.2) is 95.5 Å². The number of ether oxygens (including phenoxy) is 2. The molecule has 1 aromatic carbocycles. The van der Waals surface area contributed by atoms with Crippen molar-refractivity contribution in [1.82, 2.24) is 20.9 Å². The monoisotopic (exact) mass is 633 g/mol. The summed E-state index contributed by atoms with van der Waals surface area (Å²) in [6, 6.07) is 4.74. The zero-order chi connectivity index (χ0) is 31.4. The Morgan fingerprint density at radius 1 is 1.16 bits per heavy atom. The third kappa shape index (κ3) is 7.55. The molecule has 13 nitrogen and oxygen atoms in total. The van der Waals surface area contributed by atoms with Crippen molar-refractivity contribution in [3.05, 3.63) is 29.3 Å². The number of anilines is 1. The van der Waals surface area contributed by atoms with E-state index >= 15 is 0 Å². The zero-order valence-corrected chi connectivity index (χ0v) is 25.5. The van der Waals surface area contributed by atoms with Crippen molar-refractivity contribution in [2.75, 3.05) is 24.5 Å². The van der Waals surface area contributed by atoms with Gasteiger partial charge in [-0.2, -0.15) is 0 Å². The molecule has 0 radical (unpaired) electrons. The fraction of sp³-hybridized carbons (Fsp3) is 0.633. The van der Waals surface area contributed by atoms with Crippen LogP contribution < -0.4 is 20.9 Å². The number of aliphatic hydroxyl groups is 1. The minimum Gasteiger partial charge on any atom is -0.446 e. The van der Waals surface area contributed by atoms with Gasteiger partial charge in [-0.05, 0) is 63.1 Å². The molecule has 1 aromatic rings. The van der Waals surface area contributed by atoms with E-state index in [-0.39, 0.29) is 31.7 Å². The number of aliphatic hydroxyl groups excluding tert-OH is 1. The second-order valence-electron chi connectivity index (χ2n) is 12.2. The molecule has 0 aromatic heterocycles. The van der Waals surface area contributed by atoms with Gasteiger partial charge in [-0.25, -0.2) is 9.59 Å². The number of halogens is 1. The number of alkyl carbamates (subject to hydrolysis) is 1. The minimum atomic E-state index is -1.48. The lowest BCUT2D eigenvalue weighted by Crippen LogP contribution is -2.55. The Morgan fingerprint density at radius 3 is 2.59 bits per heavy atom. The lowest BCUT2D eigenvalue weighted by Gasteiger charge is -2.28. The Bertz CT molecular complexity index is 1270. The summed E-state index contributed by atoms with van der Waals surface area (Å²) < 4.78 is 11.2. The molecule has 0 unspecified atom stereocenters. The molecule has 2 heterocycles. The Balaban J connectivity index is 1.31. The van der Waals surface area contributed by atoms with Gasteiger partial charge in [-0.15, -0.1) is 0 Å². The summed E-state index contributed by atoms with van der Waals surface area (Å²) in [5.74, 6) is -1.73. The quantitative estimate of drug-likeness (QED) is 0.288. The van der Waals surface area contributed by atoms with Gasteiger partial charge < -0.3 is 35.4 Å². The Hall–Kier alpha value is -3.58. The Labute approximate surface area is 260 Å². The Kier molecular flexibility index (Phi) is 9.84. The molecule has 4 fully saturated rings. The van der Waals surface area contributed by atoms with Gasteiger partial charge in [-0.3, -0.25) is 19.3 Å². The van der Waals surface area contributed by atoms with E-state index in [9.17, 15) is 29.1 Å². The van der Waals surface area contributed by atoms with Gasteiger partial charge in [0, 0.05) is 23.2 Å². The molecular weight excluding hydrogens is 594 g/mol. The summed E-state index contributed by atoms with van der Waals surface area (Å²) in [7, 11) is 0. The van der Waals surface area contributed by atoms with Gasteiger partial charge in [0.05, 0.1) is 19.1 Å². The van der Waals surface area contributed by atoms with Crippen molar-refractivity contribution in [2.24, 2.45) is 0 Å². The first-order valence-corrected chi connectivity index (χ1v) is 15.7. The van der Waals surface area contributed by atoms with E-state index in [1.807, 2.05) is 6.92 Å². The van der Waals surface area contributed by atoms with Gasteiger partial charge in [0.25, 0.3) is 5.91 Å². The number of hydrogen-bond donors (Lipinski definition) is 4. The Morgan fingerprint density at radius 2 is 1.91 bits per heavy atom. The molecule has 0 bridgehead atoms. The van der Waals surface area contributed by atoms with Crippen molar-refractivity contribution >= 4 is 47.2 Å². The number of nitrogens with one attached hydrogen (secondary N) is 3. The van der Waals surface area contributed by atoms with Crippen LogP contribution in [0.4, 0.5) is 15.3 Å². The summed E-state index contributed by atoms with van der Waals surface area (Å²) in [5.41, 5.74) is -0.710. The highest BCUT2D eigenvalue weighted by Crippen LogP contribution is 2.38. The van der Waals surface area contributed by atoms with Gasteiger partial charge in [0.15, 0.2) is 11.7 Å². The van der Waals surface area contributed by atoms with Crippen LogP contribution in [0.1, 0.15) is 64.7 Å².